The van der Waals surface area contributed by atoms with E-state index in [0.29, 0.717) is 11.5 Å². The van der Waals surface area contributed by atoms with Crippen LogP contribution in [-0.4, -0.2) is 25.3 Å². The van der Waals surface area contributed by atoms with Gasteiger partial charge in [0, 0.05) is 18.1 Å². The van der Waals surface area contributed by atoms with Crippen LogP contribution in [0.5, 0.6) is 0 Å². The lowest BCUT2D eigenvalue weighted by Crippen LogP contribution is -2.63. The first-order valence-electron chi connectivity index (χ1n) is 7.61. The predicted octanol–water partition coefficient (Wildman–Crippen LogP) is 2.97. The topological polar surface area (TPSA) is 21.3 Å². The van der Waals surface area contributed by atoms with Gasteiger partial charge < -0.3 is 10.1 Å². The second kappa shape index (κ2) is 4.55. The molecule has 98 valence electrons. The van der Waals surface area contributed by atoms with Gasteiger partial charge in [-0.25, -0.2) is 0 Å². The monoisotopic (exact) mass is 237 g/mol. The van der Waals surface area contributed by atoms with Crippen molar-refractivity contribution in [1.29, 1.82) is 0 Å². The molecule has 0 heterocycles. The van der Waals surface area contributed by atoms with Crippen LogP contribution >= 0.6 is 0 Å². The lowest BCUT2D eigenvalue weighted by Gasteiger charge is -2.54. The third-order valence-electron chi connectivity index (χ3n) is 5.59. The molecule has 0 saturated heterocycles. The smallest absolute Gasteiger partial charge is 0.0661 e. The van der Waals surface area contributed by atoms with Crippen molar-refractivity contribution in [2.75, 3.05) is 13.2 Å². The standard InChI is InChI=1S/C15H27NO/c1-3-17-14-9-13(15(14)6-4-5-7-15)16-10-12-8-11(12)2/h11-14,16H,3-10H2,1-2H3. The van der Waals surface area contributed by atoms with Crippen molar-refractivity contribution in [3.8, 4) is 0 Å². The largest absolute Gasteiger partial charge is 0.378 e. The molecule has 17 heavy (non-hydrogen) atoms. The highest BCUT2D eigenvalue weighted by atomic mass is 16.5. The molecule has 0 radical (unpaired) electrons. The van der Waals surface area contributed by atoms with Gasteiger partial charge in [-0.3, -0.25) is 0 Å². The molecule has 1 N–H and O–H groups in total. The molecule has 3 aliphatic carbocycles. The number of nitrogens with one attached hydrogen (secondary N) is 1. The first-order valence-corrected chi connectivity index (χ1v) is 7.61. The van der Waals surface area contributed by atoms with Gasteiger partial charge >= 0.3 is 0 Å². The van der Waals surface area contributed by atoms with Crippen LogP contribution in [-0.2, 0) is 4.74 Å². The number of ether oxygens (including phenoxy) is 1. The summed E-state index contributed by atoms with van der Waals surface area (Å²) in [7, 11) is 0. The van der Waals surface area contributed by atoms with Gasteiger partial charge in [0.05, 0.1) is 6.10 Å². The van der Waals surface area contributed by atoms with Crippen LogP contribution in [0.3, 0.4) is 0 Å². The Labute approximate surface area is 105 Å². The molecule has 0 aromatic rings. The van der Waals surface area contributed by atoms with Gasteiger partial charge in [-0.05, 0) is 51.0 Å². The Morgan fingerprint density at radius 1 is 1.24 bits per heavy atom. The molecule has 4 unspecified atom stereocenters. The SMILES string of the molecule is CCOC1CC(NCC2CC2C)C12CCCC2. The zero-order chi connectivity index (χ0) is 11.9. The van der Waals surface area contributed by atoms with Gasteiger partial charge in [0.15, 0.2) is 0 Å². The van der Waals surface area contributed by atoms with E-state index in [1.807, 2.05) is 0 Å². The molecule has 0 aromatic carbocycles. The van der Waals surface area contributed by atoms with Crippen LogP contribution in [0.15, 0.2) is 0 Å². The van der Waals surface area contributed by atoms with Crippen molar-refractivity contribution in [2.45, 2.75) is 64.5 Å². The van der Waals surface area contributed by atoms with Gasteiger partial charge in [0.25, 0.3) is 0 Å². The van der Waals surface area contributed by atoms with E-state index in [1.54, 1.807) is 0 Å². The lowest BCUT2D eigenvalue weighted by atomic mass is 9.60. The fraction of sp³-hybridized carbons (Fsp3) is 1.00. The summed E-state index contributed by atoms with van der Waals surface area (Å²) >= 11 is 0. The maximum absolute atomic E-state index is 5.95. The highest BCUT2D eigenvalue weighted by Crippen LogP contribution is 2.55. The van der Waals surface area contributed by atoms with Gasteiger partial charge in [0.2, 0.25) is 0 Å². The van der Waals surface area contributed by atoms with Crippen molar-refractivity contribution in [3.63, 3.8) is 0 Å². The fourth-order valence-corrected chi connectivity index (χ4v) is 4.15. The normalized spacial score (nSPS) is 42.7. The van der Waals surface area contributed by atoms with Gasteiger partial charge in [-0.1, -0.05) is 19.8 Å². The summed E-state index contributed by atoms with van der Waals surface area (Å²) in [4.78, 5) is 0. The van der Waals surface area contributed by atoms with Gasteiger partial charge in [-0.2, -0.15) is 0 Å². The predicted molar refractivity (Wildman–Crippen MR) is 70.0 cm³/mol. The summed E-state index contributed by atoms with van der Waals surface area (Å²) < 4.78 is 5.95. The molecule has 2 heteroatoms. The Hall–Kier alpha value is -0.0800. The molecule has 0 aliphatic heterocycles. The first kappa shape index (κ1) is 12.0. The molecule has 0 amide bonds. The summed E-state index contributed by atoms with van der Waals surface area (Å²) in [5.41, 5.74) is 0.522. The molecule has 3 rings (SSSR count). The van der Waals surface area contributed by atoms with Crippen molar-refractivity contribution in [2.24, 2.45) is 17.3 Å². The van der Waals surface area contributed by atoms with Crippen molar-refractivity contribution >= 4 is 0 Å². The minimum Gasteiger partial charge on any atom is -0.378 e. The highest BCUT2D eigenvalue weighted by Gasteiger charge is 2.56. The molecule has 1 spiro atoms. The van der Waals surface area contributed by atoms with E-state index >= 15 is 0 Å². The molecule has 3 fully saturated rings. The van der Waals surface area contributed by atoms with E-state index in [4.69, 9.17) is 4.74 Å². The second-order valence-corrected chi connectivity index (χ2v) is 6.55. The third kappa shape index (κ3) is 2.04. The Morgan fingerprint density at radius 3 is 2.53 bits per heavy atom. The van der Waals surface area contributed by atoms with E-state index < -0.39 is 0 Å². The average molecular weight is 237 g/mol. The molecule has 0 aromatic heterocycles. The summed E-state index contributed by atoms with van der Waals surface area (Å²) in [6, 6.07) is 0.759. The van der Waals surface area contributed by atoms with Crippen molar-refractivity contribution in [1.82, 2.24) is 5.32 Å². The molecule has 2 nitrogen and oxygen atoms in total. The Morgan fingerprint density at radius 2 is 1.94 bits per heavy atom. The molecule has 3 saturated carbocycles. The van der Waals surface area contributed by atoms with Gasteiger partial charge in [0.1, 0.15) is 0 Å². The van der Waals surface area contributed by atoms with Crippen LogP contribution in [0.25, 0.3) is 0 Å². The Bertz CT molecular complexity index is 272. The minimum atomic E-state index is 0.522. The molecular weight excluding hydrogens is 210 g/mol. The maximum atomic E-state index is 5.95. The molecule has 0 bridgehead atoms. The molecule has 4 atom stereocenters. The lowest BCUT2D eigenvalue weighted by molar-refractivity contribution is -0.130. The molecular formula is C15H27NO. The Balaban J connectivity index is 1.54. The fourth-order valence-electron chi connectivity index (χ4n) is 4.15. The van der Waals surface area contributed by atoms with E-state index in [1.165, 1.54) is 45.1 Å². The summed E-state index contributed by atoms with van der Waals surface area (Å²) in [6.45, 7) is 6.65. The van der Waals surface area contributed by atoms with E-state index in [0.717, 1.165) is 24.5 Å². The summed E-state index contributed by atoms with van der Waals surface area (Å²) in [6.07, 6.45) is 8.90. The quantitative estimate of drug-likeness (QED) is 0.793. The van der Waals surface area contributed by atoms with Crippen LogP contribution < -0.4 is 5.32 Å². The third-order valence-corrected chi connectivity index (χ3v) is 5.59. The minimum absolute atomic E-state index is 0.522. The average Bonchev–Trinajstić information content (AvgIpc) is 2.85. The number of rotatable bonds is 5. The van der Waals surface area contributed by atoms with Crippen LogP contribution in [0.4, 0.5) is 0 Å². The van der Waals surface area contributed by atoms with Crippen molar-refractivity contribution in [3.05, 3.63) is 0 Å². The van der Waals surface area contributed by atoms with Crippen molar-refractivity contribution < 1.29 is 4.74 Å². The first-order chi connectivity index (χ1) is 8.26. The second-order valence-electron chi connectivity index (χ2n) is 6.55. The summed E-state index contributed by atoms with van der Waals surface area (Å²) in [5, 5.41) is 3.85. The maximum Gasteiger partial charge on any atom is 0.0661 e. The zero-order valence-electron chi connectivity index (χ0n) is 11.4. The Kier molecular flexibility index (Phi) is 3.20. The van der Waals surface area contributed by atoms with E-state index in [2.05, 4.69) is 19.2 Å². The number of hydrogen-bond acceptors (Lipinski definition) is 2. The van der Waals surface area contributed by atoms with Gasteiger partial charge in [-0.15, -0.1) is 0 Å². The van der Waals surface area contributed by atoms with E-state index in [9.17, 15) is 0 Å². The van der Waals surface area contributed by atoms with Crippen LogP contribution in [0.2, 0.25) is 0 Å². The zero-order valence-corrected chi connectivity index (χ0v) is 11.4. The molecule has 3 aliphatic rings. The number of hydrogen-bond donors (Lipinski definition) is 1. The van der Waals surface area contributed by atoms with Crippen LogP contribution in [0, 0.1) is 17.3 Å². The van der Waals surface area contributed by atoms with Crippen LogP contribution in [0.1, 0.15) is 52.4 Å². The summed E-state index contributed by atoms with van der Waals surface area (Å²) in [5.74, 6) is 1.95. The van der Waals surface area contributed by atoms with E-state index in [-0.39, 0.29) is 0 Å². The highest BCUT2D eigenvalue weighted by molar-refractivity contribution is 5.10.